The molecule has 0 saturated carbocycles. The molecule has 70 valence electrons. The van der Waals surface area contributed by atoms with E-state index >= 15 is 0 Å². The van der Waals surface area contributed by atoms with E-state index in [1.54, 1.807) is 12.4 Å². The van der Waals surface area contributed by atoms with Gasteiger partial charge in [0.1, 0.15) is 0 Å². The van der Waals surface area contributed by atoms with Crippen LogP contribution in [-0.4, -0.2) is 4.98 Å². The van der Waals surface area contributed by atoms with Crippen LogP contribution in [0.5, 0.6) is 0 Å². The maximum atomic E-state index is 4.04. The smallest absolute Gasteiger partial charge is 0.0267 e. The Bertz CT molecular complexity index is 218. The third kappa shape index (κ3) is 5.72. The van der Waals surface area contributed by atoms with Crippen molar-refractivity contribution in [3.63, 3.8) is 0 Å². The lowest BCUT2D eigenvalue weighted by Gasteiger charge is -1.70. The lowest BCUT2D eigenvalue weighted by molar-refractivity contribution is 1.35. The molecule has 0 aliphatic rings. The van der Waals surface area contributed by atoms with Gasteiger partial charge in [0.05, 0.1) is 0 Å². The van der Waals surface area contributed by atoms with Crippen molar-refractivity contribution in [3.05, 3.63) is 79.1 Å². The molecule has 1 heterocycles. The molecular formula is C13H13N. The van der Waals surface area contributed by atoms with Gasteiger partial charge in [-0.3, -0.25) is 4.98 Å². The highest BCUT2D eigenvalue weighted by Gasteiger charge is 1.58. The molecule has 1 heteroatoms. The highest BCUT2D eigenvalue weighted by molar-refractivity contribution is 4.96. The Morgan fingerprint density at radius 1 is 0.357 bits per heavy atom. The van der Waals surface area contributed by atoms with Gasteiger partial charge in [0.2, 0.25) is 0 Å². The largest absolute Gasteiger partial charge is 0.265 e. The van der Waals surface area contributed by atoms with E-state index in [9.17, 15) is 0 Å². The van der Waals surface area contributed by atoms with Crippen LogP contribution in [0.4, 0.5) is 0 Å². The summed E-state index contributed by atoms with van der Waals surface area (Å²) in [6, 6.07) is 21.5. The van der Waals surface area contributed by atoms with Gasteiger partial charge in [0, 0.05) is 12.4 Å². The zero-order valence-electron chi connectivity index (χ0n) is 7.95. The lowest BCUT2D eigenvalue weighted by Crippen LogP contribution is -1.55. The summed E-state index contributed by atoms with van der Waals surface area (Å²) in [6.45, 7) is 0. The second-order valence-electron chi connectivity index (χ2n) is 2.56. The fraction of sp³-hybridized carbons (Fsp3) is 0. The van der Waals surface area contributed by atoms with E-state index in [4.69, 9.17) is 0 Å². The number of hydrogen-bond acceptors (Lipinski definition) is 1. The molecule has 0 unspecified atom stereocenters. The van der Waals surface area contributed by atoms with Gasteiger partial charge < -0.3 is 0 Å². The van der Waals surface area contributed by atoms with Crippen molar-refractivity contribution in [1.29, 1.82) is 0 Å². The van der Waals surface area contributed by atoms with Crippen molar-refractivity contribution >= 4 is 0 Å². The average molecular weight is 183 g/mol. The molecule has 1 rings (SSSR count). The minimum Gasteiger partial charge on any atom is -0.265 e. The van der Waals surface area contributed by atoms with Gasteiger partial charge in [-0.05, 0) is 12.1 Å². The predicted molar refractivity (Wildman–Crippen MR) is 59.5 cm³/mol. The quantitative estimate of drug-likeness (QED) is 0.601. The first-order chi connectivity index (χ1) is 7.00. The van der Waals surface area contributed by atoms with Crippen molar-refractivity contribution in [1.82, 2.24) is 4.98 Å². The molecule has 0 fully saturated rings. The van der Waals surface area contributed by atoms with E-state index < -0.39 is 0 Å². The van der Waals surface area contributed by atoms with Gasteiger partial charge in [-0.25, -0.2) is 0 Å². The summed E-state index contributed by atoms with van der Waals surface area (Å²) in [5.74, 6) is 0. The predicted octanol–water partition coefficient (Wildman–Crippen LogP) is 3.33. The second kappa shape index (κ2) is 7.74. The van der Waals surface area contributed by atoms with E-state index in [1.165, 1.54) is 0 Å². The van der Waals surface area contributed by atoms with Gasteiger partial charge in [-0.15, -0.1) is 0 Å². The Hall–Kier alpha value is -1.89. The summed E-state index contributed by atoms with van der Waals surface area (Å²) >= 11 is 0. The summed E-state index contributed by atoms with van der Waals surface area (Å²) in [4.78, 5) is 4.04. The van der Waals surface area contributed by atoms with E-state index in [1.807, 2.05) is 66.7 Å². The molecule has 0 saturated heterocycles. The molecule has 0 bridgehead atoms. The van der Waals surface area contributed by atoms with E-state index in [0.717, 1.165) is 0 Å². The van der Waals surface area contributed by atoms with Gasteiger partial charge in [-0.2, -0.15) is 0 Å². The van der Waals surface area contributed by atoms with Crippen LogP contribution in [0.1, 0.15) is 0 Å². The van der Waals surface area contributed by atoms with Crippen LogP contribution in [0.3, 0.4) is 0 Å². The lowest BCUT2D eigenvalue weighted by atomic mass is 10.4. The van der Waals surface area contributed by atoms with Crippen LogP contribution in [0, 0.1) is 0 Å². The fourth-order valence-electron chi connectivity index (χ4n) is 0.826. The molecule has 1 aromatic heterocycles. The third-order valence-electron chi connectivity index (χ3n) is 1.46. The Labute approximate surface area is 84.7 Å². The summed E-state index contributed by atoms with van der Waals surface area (Å²) in [6.07, 6.45) is 3.50. The average Bonchev–Trinajstić information content (AvgIpc) is 2.22. The molecule has 0 aromatic carbocycles. The standard InChI is InChI=1S/C13H13N/c1-2-4-6-8-10-12-14-13-11-9-7-5-3-1/h1-13H. The van der Waals surface area contributed by atoms with Crippen LogP contribution >= 0.6 is 0 Å². The first-order valence-electron chi connectivity index (χ1n) is 4.52. The normalized spacial score (nSPS) is 8.00. The maximum absolute atomic E-state index is 4.04. The van der Waals surface area contributed by atoms with Crippen LogP contribution in [0.2, 0.25) is 0 Å². The van der Waals surface area contributed by atoms with Crippen molar-refractivity contribution in [2.75, 3.05) is 0 Å². The number of nitrogens with zero attached hydrogens (tertiary/aromatic N) is 1. The number of rotatable bonds is 0. The van der Waals surface area contributed by atoms with E-state index in [-0.39, 0.29) is 0 Å². The summed E-state index contributed by atoms with van der Waals surface area (Å²) < 4.78 is 0. The summed E-state index contributed by atoms with van der Waals surface area (Å²) in [5.41, 5.74) is 0. The highest BCUT2D eigenvalue weighted by atomic mass is 14.6. The maximum Gasteiger partial charge on any atom is 0.0267 e. The zero-order chi connectivity index (χ0) is 9.90. The zero-order valence-corrected chi connectivity index (χ0v) is 7.95. The molecule has 0 atom stereocenters. The Morgan fingerprint density at radius 3 is 1.00 bits per heavy atom. The van der Waals surface area contributed by atoms with Crippen molar-refractivity contribution < 1.29 is 0 Å². The summed E-state index contributed by atoms with van der Waals surface area (Å²) in [5, 5.41) is 0. The number of aromatic nitrogens is 1. The molecule has 0 N–H and O–H groups in total. The molecule has 0 aliphatic carbocycles. The highest BCUT2D eigenvalue weighted by Crippen LogP contribution is 1.78. The minimum atomic E-state index is 1.75. The Morgan fingerprint density at radius 2 is 0.643 bits per heavy atom. The SMILES string of the molecule is c1ccccccncccccc1. The van der Waals surface area contributed by atoms with E-state index in [0.29, 0.717) is 0 Å². The van der Waals surface area contributed by atoms with Crippen molar-refractivity contribution in [2.45, 2.75) is 0 Å². The number of hydrogen-bond donors (Lipinski definition) is 0. The van der Waals surface area contributed by atoms with Gasteiger partial charge in [0.25, 0.3) is 0 Å². The second-order valence-corrected chi connectivity index (χ2v) is 2.56. The van der Waals surface area contributed by atoms with Gasteiger partial charge >= 0.3 is 0 Å². The van der Waals surface area contributed by atoms with Crippen LogP contribution in [0.25, 0.3) is 0 Å². The first-order valence-corrected chi connectivity index (χ1v) is 4.52. The van der Waals surface area contributed by atoms with E-state index in [2.05, 4.69) is 4.98 Å². The van der Waals surface area contributed by atoms with Crippen molar-refractivity contribution in [3.8, 4) is 0 Å². The monoisotopic (exact) mass is 183 g/mol. The Balaban J connectivity index is 3.00. The molecule has 0 radical (unpaired) electrons. The molecule has 0 amide bonds. The topological polar surface area (TPSA) is 12.9 Å². The first kappa shape index (κ1) is 10.2. The van der Waals surface area contributed by atoms with Crippen molar-refractivity contribution in [2.24, 2.45) is 0 Å². The molecule has 1 aromatic rings. The van der Waals surface area contributed by atoms with Crippen LogP contribution < -0.4 is 0 Å². The molecule has 0 spiro atoms. The van der Waals surface area contributed by atoms with Gasteiger partial charge in [-0.1, -0.05) is 54.6 Å². The summed E-state index contributed by atoms with van der Waals surface area (Å²) in [7, 11) is 0. The molecular weight excluding hydrogens is 170 g/mol. The van der Waals surface area contributed by atoms with Gasteiger partial charge in [0.15, 0.2) is 0 Å². The third-order valence-corrected chi connectivity index (χ3v) is 1.46. The molecule has 14 heavy (non-hydrogen) atoms. The molecule has 0 aliphatic heterocycles. The minimum absolute atomic E-state index is 1.75. The Kier molecular flexibility index (Phi) is 5.64. The molecule has 1 nitrogen and oxygen atoms in total. The van der Waals surface area contributed by atoms with Crippen LogP contribution in [0.15, 0.2) is 79.1 Å². The van der Waals surface area contributed by atoms with Crippen LogP contribution in [-0.2, 0) is 0 Å². The fourth-order valence-corrected chi connectivity index (χ4v) is 0.826.